The van der Waals surface area contributed by atoms with Gasteiger partial charge in [-0.1, -0.05) is 48.0 Å². The fourth-order valence-corrected chi connectivity index (χ4v) is 5.33. The molecule has 2 aromatic heterocycles. The van der Waals surface area contributed by atoms with Crippen molar-refractivity contribution in [1.82, 2.24) is 19.9 Å². The zero-order chi connectivity index (χ0) is 26.9. The van der Waals surface area contributed by atoms with Gasteiger partial charge in [-0.3, -0.25) is 0 Å². The topological polar surface area (TPSA) is 82.9 Å². The molecular weight excluding hydrogens is 492 g/mol. The maximum absolute atomic E-state index is 10.0. The Morgan fingerprint density at radius 2 is 2.08 bits per heavy atom. The van der Waals surface area contributed by atoms with E-state index in [0.29, 0.717) is 22.2 Å². The molecule has 0 amide bonds. The first-order chi connectivity index (χ1) is 18.3. The largest absolute Gasteiger partial charge is 0.323 e. The van der Waals surface area contributed by atoms with E-state index < -0.39 is 0 Å². The lowest BCUT2D eigenvalue weighted by Gasteiger charge is -2.32. The summed E-state index contributed by atoms with van der Waals surface area (Å²) < 4.78 is 2.11. The first-order valence-corrected chi connectivity index (χ1v) is 13.4. The molecule has 1 saturated heterocycles. The van der Waals surface area contributed by atoms with Crippen LogP contribution in [-0.4, -0.2) is 33.7 Å². The molecule has 1 fully saturated rings. The molecule has 0 bridgehead atoms. The predicted octanol–water partition coefficient (Wildman–Crippen LogP) is 6.14. The van der Waals surface area contributed by atoms with Gasteiger partial charge in [-0.25, -0.2) is 10.8 Å². The molecule has 3 heterocycles. The number of pyridine rings is 1. The van der Waals surface area contributed by atoms with Gasteiger partial charge in [0.05, 0.1) is 17.2 Å². The number of nitrogens with zero attached hydrogens (tertiary/aromatic N) is 4. The van der Waals surface area contributed by atoms with Crippen LogP contribution in [0, 0.1) is 11.3 Å². The lowest BCUT2D eigenvalue weighted by atomic mass is 9.83. The van der Waals surface area contributed by atoms with Gasteiger partial charge in [0.1, 0.15) is 5.65 Å². The van der Waals surface area contributed by atoms with Crippen LogP contribution in [0.1, 0.15) is 49.3 Å². The SMILES string of the molecule is C=CC(C)(C)n1cc(/C=C(\C#N)c2ccccc2Cl)c2cc([C@@H]3C=C/C3=C\N(N)C3CCNCC3)cnc21. The highest BCUT2D eigenvalue weighted by atomic mass is 35.5. The number of fused-ring (bicyclic) bond motifs is 1. The number of aromatic nitrogens is 2. The first-order valence-electron chi connectivity index (χ1n) is 13.0. The van der Waals surface area contributed by atoms with Crippen molar-refractivity contribution < 1.29 is 0 Å². The smallest absolute Gasteiger partial charge is 0.141 e. The van der Waals surface area contributed by atoms with Gasteiger partial charge in [0, 0.05) is 52.1 Å². The van der Waals surface area contributed by atoms with E-state index in [1.807, 2.05) is 47.8 Å². The number of hydrogen-bond acceptors (Lipinski definition) is 5. The van der Waals surface area contributed by atoms with Crippen molar-refractivity contribution in [2.24, 2.45) is 5.84 Å². The number of hydrogen-bond donors (Lipinski definition) is 2. The molecule has 1 aliphatic heterocycles. The van der Waals surface area contributed by atoms with E-state index in [9.17, 15) is 5.26 Å². The van der Waals surface area contributed by atoms with E-state index in [4.69, 9.17) is 22.4 Å². The molecule has 2 aliphatic rings. The predicted molar refractivity (Wildman–Crippen MR) is 156 cm³/mol. The van der Waals surface area contributed by atoms with Crippen LogP contribution in [0.2, 0.25) is 5.02 Å². The summed E-state index contributed by atoms with van der Waals surface area (Å²) >= 11 is 6.43. The zero-order valence-corrected chi connectivity index (χ0v) is 22.6. The summed E-state index contributed by atoms with van der Waals surface area (Å²) in [6.07, 6.45) is 16.2. The normalized spacial score (nSPS) is 19.4. The molecule has 1 aliphatic carbocycles. The van der Waals surface area contributed by atoms with Gasteiger partial charge in [-0.2, -0.15) is 5.26 Å². The summed E-state index contributed by atoms with van der Waals surface area (Å²) in [6, 6.07) is 12.3. The van der Waals surface area contributed by atoms with E-state index in [1.54, 1.807) is 6.07 Å². The molecule has 1 atom stereocenters. The quantitative estimate of drug-likeness (QED) is 0.168. The van der Waals surface area contributed by atoms with E-state index >= 15 is 0 Å². The summed E-state index contributed by atoms with van der Waals surface area (Å²) in [5.41, 5.74) is 4.84. The fourth-order valence-electron chi connectivity index (χ4n) is 5.09. The summed E-state index contributed by atoms with van der Waals surface area (Å²) in [6.45, 7) is 10.2. The van der Waals surface area contributed by atoms with Crippen LogP contribution in [0.15, 0.2) is 79.3 Å². The standard InChI is InChI=1S/C31H33ClN6/c1-4-31(2,3)37-19-24(15-22(17-33)27-7-5-6-8-29(27)32)28-16-23(18-36-30(28)37)26-10-9-21(26)20-38(34)25-11-13-35-14-12-25/h4-10,15-16,18-20,25-26,35H,1,11-14,34H2,2-3H3/b21-20+,22-15+/t26-/m1/s1. The number of piperidine rings is 1. The molecule has 5 rings (SSSR count). The fraction of sp³-hybridized carbons (Fsp3) is 0.290. The van der Waals surface area contributed by atoms with Crippen molar-refractivity contribution >= 4 is 34.3 Å². The van der Waals surface area contributed by atoms with Crippen molar-refractivity contribution in [1.29, 1.82) is 5.26 Å². The molecule has 0 radical (unpaired) electrons. The third-order valence-corrected chi connectivity index (χ3v) is 7.96. The van der Waals surface area contributed by atoms with Crippen LogP contribution < -0.4 is 11.2 Å². The summed E-state index contributed by atoms with van der Waals surface area (Å²) in [4.78, 5) is 4.91. The summed E-state index contributed by atoms with van der Waals surface area (Å²) in [5.74, 6) is 6.55. The molecular formula is C31H33ClN6. The van der Waals surface area contributed by atoms with E-state index in [2.05, 4.69) is 60.8 Å². The Morgan fingerprint density at radius 1 is 1.32 bits per heavy atom. The molecule has 194 valence electrons. The Labute approximate surface area is 229 Å². The van der Waals surface area contributed by atoms with Gasteiger partial charge in [0.15, 0.2) is 0 Å². The lowest BCUT2D eigenvalue weighted by molar-refractivity contribution is 0.229. The number of rotatable bonds is 7. The second-order valence-corrected chi connectivity index (χ2v) is 10.9. The van der Waals surface area contributed by atoms with Gasteiger partial charge in [-0.15, -0.1) is 6.58 Å². The monoisotopic (exact) mass is 524 g/mol. The minimum Gasteiger partial charge on any atom is -0.323 e. The van der Waals surface area contributed by atoms with Crippen LogP contribution in [0.3, 0.4) is 0 Å². The number of allylic oxidation sites excluding steroid dienone is 5. The average molecular weight is 525 g/mol. The van der Waals surface area contributed by atoms with Crippen LogP contribution in [0.25, 0.3) is 22.7 Å². The van der Waals surface area contributed by atoms with Crippen molar-refractivity contribution in [3.63, 3.8) is 0 Å². The minimum atomic E-state index is -0.369. The summed E-state index contributed by atoms with van der Waals surface area (Å²) in [5, 5.41) is 16.8. The van der Waals surface area contributed by atoms with Crippen molar-refractivity contribution in [2.45, 2.75) is 44.2 Å². The van der Waals surface area contributed by atoms with Crippen LogP contribution in [0.4, 0.5) is 0 Å². The van der Waals surface area contributed by atoms with Gasteiger partial charge < -0.3 is 14.9 Å². The molecule has 1 aromatic carbocycles. The highest BCUT2D eigenvalue weighted by molar-refractivity contribution is 6.32. The molecule has 0 unspecified atom stereocenters. The van der Waals surface area contributed by atoms with Gasteiger partial charge in [0.2, 0.25) is 0 Å². The Hall–Kier alpha value is -3.63. The van der Waals surface area contributed by atoms with E-state index in [-0.39, 0.29) is 11.5 Å². The van der Waals surface area contributed by atoms with Crippen LogP contribution in [-0.2, 0) is 5.54 Å². The number of halogens is 1. The highest BCUT2D eigenvalue weighted by Crippen LogP contribution is 2.38. The highest BCUT2D eigenvalue weighted by Gasteiger charge is 2.26. The lowest BCUT2D eigenvalue weighted by Crippen LogP contribution is -2.44. The average Bonchev–Trinajstić information content (AvgIpc) is 3.29. The van der Waals surface area contributed by atoms with Crippen LogP contribution >= 0.6 is 11.6 Å². The molecule has 0 spiro atoms. The number of nitrogens with one attached hydrogen (secondary N) is 1. The van der Waals surface area contributed by atoms with Gasteiger partial charge >= 0.3 is 0 Å². The second kappa shape index (κ2) is 10.6. The maximum Gasteiger partial charge on any atom is 0.141 e. The Kier molecular flexibility index (Phi) is 7.27. The molecule has 3 aromatic rings. The molecule has 7 heteroatoms. The molecule has 6 nitrogen and oxygen atoms in total. The van der Waals surface area contributed by atoms with Gasteiger partial charge in [0.25, 0.3) is 0 Å². The Bertz CT molecular complexity index is 1500. The van der Waals surface area contributed by atoms with Gasteiger partial charge in [-0.05, 0) is 69.1 Å². The Morgan fingerprint density at radius 3 is 2.74 bits per heavy atom. The molecule has 0 saturated carbocycles. The maximum atomic E-state index is 10.0. The van der Waals surface area contributed by atoms with Crippen molar-refractivity contribution in [3.8, 4) is 6.07 Å². The van der Waals surface area contributed by atoms with Crippen LogP contribution in [0.5, 0.6) is 0 Å². The first kappa shape index (κ1) is 26.0. The minimum absolute atomic E-state index is 0.117. The number of nitriles is 1. The molecule has 38 heavy (non-hydrogen) atoms. The van der Waals surface area contributed by atoms with Crippen molar-refractivity contribution in [2.75, 3.05) is 13.1 Å². The third kappa shape index (κ3) is 4.93. The number of nitrogens with two attached hydrogens (primary N) is 1. The zero-order valence-electron chi connectivity index (χ0n) is 21.9. The summed E-state index contributed by atoms with van der Waals surface area (Å²) in [7, 11) is 0. The second-order valence-electron chi connectivity index (χ2n) is 10.5. The Balaban J connectivity index is 1.57. The van der Waals surface area contributed by atoms with E-state index in [1.165, 1.54) is 5.57 Å². The van der Waals surface area contributed by atoms with Crippen molar-refractivity contribution in [3.05, 3.63) is 101 Å². The number of benzene rings is 1. The third-order valence-electron chi connectivity index (χ3n) is 7.63. The molecule has 3 N–H and O–H groups in total. The number of hydrazine groups is 1. The van der Waals surface area contributed by atoms with E-state index in [0.717, 1.165) is 48.1 Å².